The number of rotatable bonds is 8. The summed E-state index contributed by atoms with van der Waals surface area (Å²) in [5, 5.41) is 6.28. The summed E-state index contributed by atoms with van der Waals surface area (Å²) in [6.07, 6.45) is 0. The van der Waals surface area contributed by atoms with Gasteiger partial charge < -0.3 is 14.8 Å². The topological polar surface area (TPSA) is 59.6 Å². The highest BCUT2D eigenvalue weighted by molar-refractivity contribution is 9.10. The van der Waals surface area contributed by atoms with E-state index in [1.165, 1.54) is 0 Å². The minimum absolute atomic E-state index is 0.0485. The first kappa shape index (κ1) is 20.3. The van der Waals surface area contributed by atoms with Crippen LogP contribution >= 0.6 is 15.9 Å². The first-order valence-corrected chi connectivity index (χ1v) is 9.24. The first-order chi connectivity index (χ1) is 12.5. The third-order valence-electron chi connectivity index (χ3n) is 4.18. The Hall–Kier alpha value is -2.05. The van der Waals surface area contributed by atoms with Gasteiger partial charge in [0.05, 0.1) is 20.3 Å². The van der Waals surface area contributed by atoms with Gasteiger partial charge in [0, 0.05) is 17.1 Å². The zero-order valence-electron chi connectivity index (χ0n) is 15.5. The number of ether oxygens (including phenoxy) is 2. The van der Waals surface area contributed by atoms with Gasteiger partial charge in [-0.3, -0.25) is 10.1 Å². The fourth-order valence-electron chi connectivity index (χ4n) is 2.70. The van der Waals surface area contributed by atoms with Crippen molar-refractivity contribution in [1.29, 1.82) is 0 Å². The molecule has 2 unspecified atom stereocenters. The third-order valence-corrected chi connectivity index (χ3v) is 4.90. The Morgan fingerprint density at radius 2 is 1.77 bits per heavy atom. The lowest BCUT2D eigenvalue weighted by molar-refractivity contribution is -0.123. The molecular formula is C20H25BrN2O3. The second kappa shape index (κ2) is 9.59. The van der Waals surface area contributed by atoms with E-state index in [9.17, 15) is 4.79 Å². The van der Waals surface area contributed by atoms with Gasteiger partial charge in [-0.2, -0.15) is 0 Å². The number of nitrogens with one attached hydrogen (secondary N) is 2. The van der Waals surface area contributed by atoms with E-state index in [0.717, 1.165) is 15.6 Å². The van der Waals surface area contributed by atoms with Gasteiger partial charge in [0.1, 0.15) is 0 Å². The van der Waals surface area contributed by atoms with Crippen LogP contribution in [0, 0.1) is 0 Å². The van der Waals surface area contributed by atoms with Crippen molar-refractivity contribution in [2.45, 2.75) is 32.5 Å². The highest BCUT2D eigenvalue weighted by atomic mass is 79.9. The number of carbonyl (C=O) groups excluding carboxylic acids is 1. The number of halogens is 1. The SMILES string of the molecule is COc1ccc(CNC(=O)C(C)NC(C)c2ccccc2Br)cc1OC. The van der Waals surface area contributed by atoms with Gasteiger partial charge in [-0.05, 0) is 43.2 Å². The Kier molecular flexibility index (Phi) is 7.48. The Morgan fingerprint density at radius 3 is 2.42 bits per heavy atom. The van der Waals surface area contributed by atoms with Gasteiger partial charge in [-0.1, -0.05) is 40.2 Å². The lowest BCUT2D eigenvalue weighted by atomic mass is 10.1. The lowest BCUT2D eigenvalue weighted by Gasteiger charge is -2.21. The van der Waals surface area contributed by atoms with Crippen LogP contribution in [0.5, 0.6) is 11.5 Å². The molecule has 0 fully saturated rings. The molecule has 0 spiro atoms. The minimum atomic E-state index is -0.322. The van der Waals surface area contributed by atoms with E-state index in [0.29, 0.717) is 18.0 Å². The van der Waals surface area contributed by atoms with E-state index >= 15 is 0 Å². The molecule has 26 heavy (non-hydrogen) atoms. The predicted molar refractivity (Wildman–Crippen MR) is 107 cm³/mol. The van der Waals surface area contributed by atoms with Gasteiger partial charge in [0.2, 0.25) is 5.91 Å². The van der Waals surface area contributed by atoms with Gasteiger partial charge in [-0.25, -0.2) is 0 Å². The molecule has 0 aliphatic heterocycles. The molecule has 0 bridgehead atoms. The molecule has 1 amide bonds. The van der Waals surface area contributed by atoms with Gasteiger partial charge >= 0.3 is 0 Å². The van der Waals surface area contributed by atoms with Gasteiger partial charge in [0.15, 0.2) is 11.5 Å². The number of carbonyl (C=O) groups is 1. The fourth-order valence-corrected chi connectivity index (χ4v) is 3.33. The van der Waals surface area contributed by atoms with Gasteiger partial charge in [-0.15, -0.1) is 0 Å². The normalized spacial score (nSPS) is 13.0. The standard InChI is InChI=1S/C20H25BrN2O3/c1-13(16-7-5-6-8-17(16)21)23-14(2)20(24)22-12-15-9-10-18(25-3)19(11-15)26-4/h5-11,13-14,23H,12H2,1-4H3,(H,22,24). The van der Waals surface area contributed by atoms with Crippen LogP contribution in [0.4, 0.5) is 0 Å². The lowest BCUT2D eigenvalue weighted by Crippen LogP contribution is -2.42. The van der Waals surface area contributed by atoms with Crippen LogP contribution in [0.25, 0.3) is 0 Å². The van der Waals surface area contributed by atoms with Crippen LogP contribution in [-0.4, -0.2) is 26.2 Å². The summed E-state index contributed by atoms with van der Waals surface area (Å²) in [6, 6.07) is 13.3. The predicted octanol–water partition coefficient (Wildman–Crippen LogP) is 3.82. The van der Waals surface area contributed by atoms with E-state index in [4.69, 9.17) is 9.47 Å². The van der Waals surface area contributed by atoms with E-state index in [2.05, 4.69) is 26.6 Å². The Labute approximate surface area is 163 Å². The van der Waals surface area contributed by atoms with Crippen molar-refractivity contribution in [3.63, 3.8) is 0 Å². The molecule has 2 aromatic carbocycles. The van der Waals surface area contributed by atoms with Crippen molar-refractivity contribution in [3.8, 4) is 11.5 Å². The largest absolute Gasteiger partial charge is 0.493 e. The molecule has 2 N–H and O–H groups in total. The smallest absolute Gasteiger partial charge is 0.237 e. The van der Waals surface area contributed by atoms with E-state index in [-0.39, 0.29) is 18.0 Å². The molecule has 0 aromatic heterocycles. The molecule has 2 rings (SSSR count). The molecule has 2 atom stereocenters. The second-order valence-corrected chi connectivity index (χ2v) is 6.89. The maximum atomic E-state index is 12.4. The summed E-state index contributed by atoms with van der Waals surface area (Å²) >= 11 is 3.55. The highest BCUT2D eigenvalue weighted by Gasteiger charge is 2.17. The molecule has 0 radical (unpaired) electrons. The minimum Gasteiger partial charge on any atom is -0.493 e. The molecule has 5 nitrogen and oxygen atoms in total. The first-order valence-electron chi connectivity index (χ1n) is 8.45. The van der Waals surface area contributed by atoms with Crippen LogP contribution in [-0.2, 0) is 11.3 Å². The number of methoxy groups -OCH3 is 2. The van der Waals surface area contributed by atoms with Crippen molar-refractivity contribution in [3.05, 3.63) is 58.1 Å². The van der Waals surface area contributed by atoms with Crippen LogP contribution in [0.15, 0.2) is 46.9 Å². The average molecular weight is 421 g/mol. The monoisotopic (exact) mass is 420 g/mol. The summed E-state index contributed by atoms with van der Waals surface area (Å²) in [5.74, 6) is 1.26. The summed E-state index contributed by atoms with van der Waals surface area (Å²) in [7, 11) is 3.19. The Bertz CT molecular complexity index is 752. The zero-order valence-corrected chi connectivity index (χ0v) is 17.1. The summed E-state index contributed by atoms with van der Waals surface area (Å²) < 4.78 is 11.5. The fraction of sp³-hybridized carbons (Fsp3) is 0.350. The molecule has 0 aliphatic carbocycles. The molecule has 0 saturated carbocycles. The quantitative estimate of drug-likeness (QED) is 0.681. The van der Waals surface area contributed by atoms with Crippen molar-refractivity contribution in [1.82, 2.24) is 10.6 Å². The van der Waals surface area contributed by atoms with Crippen molar-refractivity contribution < 1.29 is 14.3 Å². The number of hydrogen-bond acceptors (Lipinski definition) is 4. The van der Waals surface area contributed by atoms with Crippen molar-refractivity contribution in [2.24, 2.45) is 0 Å². The Balaban J connectivity index is 1.92. The molecule has 2 aromatic rings. The second-order valence-electron chi connectivity index (χ2n) is 6.04. The average Bonchev–Trinajstić information content (AvgIpc) is 2.65. The van der Waals surface area contributed by atoms with E-state index in [1.54, 1.807) is 14.2 Å². The molecule has 0 aliphatic rings. The molecule has 140 valence electrons. The van der Waals surface area contributed by atoms with Crippen LogP contribution in [0.2, 0.25) is 0 Å². The number of benzene rings is 2. The van der Waals surface area contributed by atoms with Crippen LogP contribution in [0.3, 0.4) is 0 Å². The Morgan fingerprint density at radius 1 is 1.08 bits per heavy atom. The molecular weight excluding hydrogens is 396 g/mol. The summed E-state index contributed by atoms with van der Waals surface area (Å²) in [4.78, 5) is 12.4. The molecule has 0 heterocycles. The summed E-state index contributed by atoms with van der Waals surface area (Å²) in [6.45, 7) is 4.32. The third kappa shape index (κ3) is 5.22. The number of hydrogen-bond donors (Lipinski definition) is 2. The van der Waals surface area contributed by atoms with Crippen molar-refractivity contribution >= 4 is 21.8 Å². The summed E-state index contributed by atoms with van der Waals surface area (Å²) in [5.41, 5.74) is 2.06. The van der Waals surface area contributed by atoms with Crippen molar-refractivity contribution in [2.75, 3.05) is 14.2 Å². The van der Waals surface area contributed by atoms with E-state index in [1.807, 2.05) is 56.3 Å². The highest BCUT2D eigenvalue weighted by Crippen LogP contribution is 2.27. The molecule has 0 saturated heterocycles. The van der Waals surface area contributed by atoms with Gasteiger partial charge in [0.25, 0.3) is 0 Å². The van der Waals surface area contributed by atoms with Crippen LogP contribution in [0.1, 0.15) is 31.0 Å². The maximum absolute atomic E-state index is 12.4. The molecule has 6 heteroatoms. The zero-order chi connectivity index (χ0) is 19.1. The maximum Gasteiger partial charge on any atom is 0.237 e. The number of amides is 1. The van der Waals surface area contributed by atoms with E-state index < -0.39 is 0 Å². The van der Waals surface area contributed by atoms with Crippen LogP contribution < -0.4 is 20.1 Å².